The molecular formula is C24H20ClN3O4S. The number of aromatic nitrogens is 1. The Labute approximate surface area is 199 Å². The zero-order chi connectivity index (χ0) is 22.7. The average Bonchev–Trinajstić information content (AvgIpc) is 3.00. The fraction of sp³-hybridized carbons (Fsp3) is 0.250. The van der Waals surface area contributed by atoms with Gasteiger partial charge < -0.3 is 14.7 Å². The lowest BCUT2D eigenvalue weighted by Gasteiger charge is -2.51. The molecule has 1 aromatic heterocycles. The van der Waals surface area contributed by atoms with E-state index >= 15 is 0 Å². The second-order valence-electron chi connectivity index (χ2n) is 8.20. The third kappa shape index (κ3) is 3.08. The van der Waals surface area contributed by atoms with Crippen molar-refractivity contribution in [3.63, 3.8) is 0 Å². The number of aromatic hydroxyl groups is 1. The zero-order valence-electron chi connectivity index (χ0n) is 17.5. The predicted octanol–water partition coefficient (Wildman–Crippen LogP) is 3.35. The van der Waals surface area contributed by atoms with Crippen molar-refractivity contribution in [1.29, 1.82) is 0 Å². The van der Waals surface area contributed by atoms with Gasteiger partial charge in [0.15, 0.2) is 11.4 Å². The van der Waals surface area contributed by atoms with Crippen molar-refractivity contribution in [3.8, 4) is 5.75 Å². The minimum Gasteiger partial charge on any atom is -0.502 e. The molecule has 0 aliphatic carbocycles. The first-order valence-electron chi connectivity index (χ1n) is 10.7. The summed E-state index contributed by atoms with van der Waals surface area (Å²) in [6.45, 7) is 1.05. The number of thioether (sulfide) groups is 1. The van der Waals surface area contributed by atoms with Gasteiger partial charge in [-0.05, 0) is 23.3 Å². The van der Waals surface area contributed by atoms with Crippen molar-refractivity contribution < 1.29 is 14.6 Å². The number of amides is 1. The maximum atomic E-state index is 13.4. The van der Waals surface area contributed by atoms with Gasteiger partial charge in [0.1, 0.15) is 12.2 Å². The van der Waals surface area contributed by atoms with Gasteiger partial charge in [-0.2, -0.15) is 0 Å². The van der Waals surface area contributed by atoms with E-state index in [9.17, 15) is 14.7 Å². The SMILES string of the molecule is O=C1c2c(O)c(=O)ccn2N([C@@H]2c3ccccc3SCc3cccc(Cl)c32)[C@H]2COCCN12. The fourth-order valence-electron chi connectivity index (χ4n) is 4.97. The maximum Gasteiger partial charge on any atom is 0.278 e. The van der Waals surface area contributed by atoms with Crippen LogP contribution in [0.1, 0.15) is 33.2 Å². The van der Waals surface area contributed by atoms with E-state index in [4.69, 9.17) is 16.3 Å². The Morgan fingerprint density at radius 3 is 2.82 bits per heavy atom. The van der Waals surface area contributed by atoms with Crippen molar-refractivity contribution in [2.24, 2.45) is 0 Å². The first-order valence-corrected chi connectivity index (χ1v) is 12.0. The molecule has 1 fully saturated rings. The quantitative estimate of drug-likeness (QED) is 0.574. The van der Waals surface area contributed by atoms with Gasteiger partial charge in [0, 0.05) is 40.0 Å². The molecule has 0 bridgehead atoms. The molecule has 9 heteroatoms. The Balaban J connectivity index is 1.68. The summed E-state index contributed by atoms with van der Waals surface area (Å²) in [5.41, 5.74) is 2.46. The smallest absolute Gasteiger partial charge is 0.278 e. The van der Waals surface area contributed by atoms with Crippen molar-refractivity contribution in [2.75, 3.05) is 24.8 Å². The molecule has 4 heterocycles. The lowest BCUT2D eigenvalue weighted by Crippen LogP contribution is -2.66. The summed E-state index contributed by atoms with van der Waals surface area (Å²) in [5.74, 6) is -0.179. The van der Waals surface area contributed by atoms with E-state index in [1.54, 1.807) is 27.5 Å². The second kappa shape index (κ2) is 7.83. The minimum atomic E-state index is -0.587. The first kappa shape index (κ1) is 20.7. The fourth-order valence-corrected chi connectivity index (χ4v) is 6.35. The molecule has 7 nitrogen and oxygen atoms in total. The molecule has 168 valence electrons. The molecule has 3 aliphatic heterocycles. The van der Waals surface area contributed by atoms with Gasteiger partial charge in [0.05, 0.1) is 13.2 Å². The number of pyridine rings is 1. The number of halogens is 1. The number of carbonyl (C=O) groups is 1. The van der Waals surface area contributed by atoms with Gasteiger partial charge in [0.2, 0.25) is 5.43 Å². The maximum absolute atomic E-state index is 13.4. The number of carbonyl (C=O) groups excluding carboxylic acids is 1. The van der Waals surface area contributed by atoms with E-state index in [1.807, 2.05) is 29.3 Å². The molecule has 1 amide bonds. The molecule has 3 aromatic rings. The van der Waals surface area contributed by atoms with Gasteiger partial charge in [0.25, 0.3) is 5.91 Å². The van der Waals surface area contributed by atoms with Crippen LogP contribution in [0, 0.1) is 0 Å². The number of benzene rings is 2. The monoisotopic (exact) mass is 481 g/mol. The van der Waals surface area contributed by atoms with Crippen LogP contribution < -0.4 is 10.4 Å². The van der Waals surface area contributed by atoms with Crippen molar-refractivity contribution in [3.05, 3.63) is 92.4 Å². The highest BCUT2D eigenvalue weighted by Gasteiger charge is 2.46. The number of hydrogen-bond donors (Lipinski definition) is 1. The zero-order valence-corrected chi connectivity index (χ0v) is 19.1. The standard InChI is InChI=1S/C24H20ClN3O4S/c25-16-6-3-4-14-13-33-18-7-2-1-5-15(18)21(20(14)16)28-19-12-32-11-10-26(19)24(31)22-23(30)17(29)8-9-27(22)28/h1-9,19,21,30H,10-13H2/t19-,21+/m0/s1. The average molecular weight is 482 g/mol. The van der Waals surface area contributed by atoms with Crippen LogP contribution in [0.3, 0.4) is 0 Å². The van der Waals surface area contributed by atoms with Crippen molar-refractivity contribution in [1.82, 2.24) is 9.58 Å². The Morgan fingerprint density at radius 1 is 1.09 bits per heavy atom. The molecule has 2 aromatic carbocycles. The summed E-state index contributed by atoms with van der Waals surface area (Å²) in [6.07, 6.45) is 1.12. The van der Waals surface area contributed by atoms with E-state index in [1.165, 1.54) is 6.07 Å². The van der Waals surface area contributed by atoms with Crippen LogP contribution in [0.4, 0.5) is 0 Å². The first-order chi connectivity index (χ1) is 16.1. The highest BCUT2D eigenvalue weighted by atomic mass is 35.5. The van der Waals surface area contributed by atoms with Crippen LogP contribution in [0.15, 0.2) is 64.4 Å². The van der Waals surface area contributed by atoms with E-state index < -0.39 is 17.3 Å². The van der Waals surface area contributed by atoms with Crippen LogP contribution in [0.5, 0.6) is 5.75 Å². The highest BCUT2D eigenvalue weighted by molar-refractivity contribution is 7.98. The van der Waals surface area contributed by atoms with E-state index in [0.717, 1.165) is 27.3 Å². The molecule has 0 unspecified atom stereocenters. The number of fused-ring (bicyclic) bond motifs is 4. The van der Waals surface area contributed by atoms with E-state index in [0.29, 0.717) is 24.8 Å². The Kier molecular flexibility index (Phi) is 4.90. The topological polar surface area (TPSA) is 75.0 Å². The van der Waals surface area contributed by atoms with Gasteiger partial charge in [-0.1, -0.05) is 41.9 Å². The summed E-state index contributed by atoms with van der Waals surface area (Å²) in [7, 11) is 0. The number of nitrogens with zero attached hydrogens (tertiary/aromatic N) is 3. The van der Waals surface area contributed by atoms with Gasteiger partial charge in [-0.3, -0.25) is 19.3 Å². The van der Waals surface area contributed by atoms with E-state index in [2.05, 4.69) is 18.2 Å². The molecular weight excluding hydrogens is 462 g/mol. The molecule has 3 aliphatic rings. The van der Waals surface area contributed by atoms with Crippen molar-refractivity contribution in [2.45, 2.75) is 22.9 Å². The molecule has 6 rings (SSSR count). The Morgan fingerprint density at radius 2 is 1.94 bits per heavy atom. The molecule has 2 atom stereocenters. The second-order valence-corrected chi connectivity index (χ2v) is 9.62. The molecule has 0 spiro atoms. The molecule has 0 radical (unpaired) electrons. The summed E-state index contributed by atoms with van der Waals surface area (Å²) >= 11 is 8.57. The Hall–Kier alpha value is -2.94. The largest absolute Gasteiger partial charge is 0.502 e. The van der Waals surface area contributed by atoms with Crippen molar-refractivity contribution >= 4 is 29.3 Å². The van der Waals surface area contributed by atoms with Crippen LogP contribution >= 0.6 is 23.4 Å². The lowest BCUT2D eigenvalue weighted by atomic mass is 9.93. The van der Waals surface area contributed by atoms with E-state index in [-0.39, 0.29) is 17.6 Å². The van der Waals surface area contributed by atoms with Gasteiger partial charge >= 0.3 is 0 Å². The van der Waals surface area contributed by atoms with Crippen LogP contribution in [-0.4, -0.2) is 46.5 Å². The third-order valence-corrected chi connectivity index (χ3v) is 7.92. The highest BCUT2D eigenvalue weighted by Crippen LogP contribution is 2.46. The van der Waals surface area contributed by atoms with Gasteiger partial charge in [-0.25, -0.2) is 0 Å². The normalized spacial score (nSPS) is 21.5. The van der Waals surface area contributed by atoms with Crippen LogP contribution in [0.25, 0.3) is 0 Å². The summed E-state index contributed by atoms with van der Waals surface area (Å²) in [5, 5.41) is 13.3. The number of hydrogen-bond acceptors (Lipinski definition) is 6. The summed E-state index contributed by atoms with van der Waals surface area (Å²) in [4.78, 5) is 28.4. The molecule has 1 saturated heterocycles. The number of ether oxygens (including phenoxy) is 1. The lowest BCUT2D eigenvalue weighted by molar-refractivity contribution is -0.0197. The van der Waals surface area contributed by atoms with Crippen LogP contribution in [0.2, 0.25) is 5.02 Å². The van der Waals surface area contributed by atoms with Gasteiger partial charge in [-0.15, -0.1) is 11.8 Å². The molecule has 0 saturated carbocycles. The summed E-state index contributed by atoms with van der Waals surface area (Å²) < 4.78 is 7.41. The third-order valence-electron chi connectivity index (χ3n) is 6.45. The molecule has 1 N–H and O–H groups in total. The predicted molar refractivity (Wildman–Crippen MR) is 126 cm³/mol. The minimum absolute atomic E-state index is 0.0383. The number of rotatable bonds is 1. The Bertz CT molecular complexity index is 1340. The number of morpholine rings is 1. The molecule has 33 heavy (non-hydrogen) atoms. The summed E-state index contributed by atoms with van der Waals surface area (Å²) in [6, 6.07) is 14.9. The van der Waals surface area contributed by atoms with Crippen LogP contribution in [-0.2, 0) is 10.5 Å².